The molecule has 45 heavy (non-hydrogen) atoms. The van der Waals surface area contributed by atoms with Gasteiger partial charge in [-0.05, 0) is 24.5 Å². The predicted molar refractivity (Wildman–Crippen MR) is 168 cm³/mol. The molecule has 0 radical (unpaired) electrons. The average molecular weight is 660 g/mol. The quantitative estimate of drug-likeness (QED) is 0.0855. The summed E-state index contributed by atoms with van der Waals surface area (Å²) >= 11 is 0. The van der Waals surface area contributed by atoms with E-state index in [1.807, 2.05) is 0 Å². The summed E-state index contributed by atoms with van der Waals surface area (Å²) in [5, 5.41) is 21.1. The minimum Gasteiger partial charge on any atom is -0.368 e. The van der Waals surface area contributed by atoms with Gasteiger partial charge in [0.15, 0.2) is 5.78 Å². The number of non-ortho nitro benzene ring substituents is 1. The Bertz CT molecular complexity index is 1440. The van der Waals surface area contributed by atoms with Crippen molar-refractivity contribution >= 4 is 62.6 Å². The van der Waals surface area contributed by atoms with Crippen LogP contribution in [0.1, 0.15) is 28.4 Å². The van der Waals surface area contributed by atoms with Gasteiger partial charge in [-0.15, -0.1) is 0 Å². The van der Waals surface area contributed by atoms with Gasteiger partial charge in [0.2, 0.25) is 29.5 Å². The number of ketones is 1. The standard InChI is InChI=1S/C28H33N7O8S2/c1-15(36)18-6-2-16(3-7-18)10-20(29)26(39)34-23-14-45-44-13-22(25(30)38)33-28(41)21(32-24(37)12-31-27(23)40)11-17-4-8-19(9-5-17)35(42)43/h2-9,20-23H,10-14,29H2,1H3,(H2,30,38)(H,31,40)(H,32,37)(H,33,41)(H,34,39)/t20-,21-,22+,23+/m0/s1. The number of primary amides is 1. The lowest BCUT2D eigenvalue weighted by Gasteiger charge is -2.24. The molecule has 1 aliphatic heterocycles. The van der Waals surface area contributed by atoms with Crippen LogP contribution in [0.3, 0.4) is 0 Å². The van der Waals surface area contributed by atoms with Crippen LogP contribution < -0.4 is 32.7 Å². The molecule has 15 nitrogen and oxygen atoms in total. The van der Waals surface area contributed by atoms with Gasteiger partial charge in [-0.2, -0.15) is 0 Å². The summed E-state index contributed by atoms with van der Waals surface area (Å²) in [6.07, 6.45) is 0.0593. The largest absolute Gasteiger partial charge is 0.368 e. The first-order chi connectivity index (χ1) is 21.3. The number of hydrogen-bond donors (Lipinski definition) is 6. The maximum absolute atomic E-state index is 13.1. The van der Waals surface area contributed by atoms with Gasteiger partial charge in [0.05, 0.1) is 17.5 Å². The zero-order valence-corrected chi connectivity index (χ0v) is 25.8. The van der Waals surface area contributed by atoms with Gasteiger partial charge in [0.1, 0.15) is 18.1 Å². The molecule has 1 fully saturated rings. The van der Waals surface area contributed by atoms with Gasteiger partial charge < -0.3 is 32.7 Å². The number of benzene rings is 2. The molecule has 3 rings (SSSR count). The molecule has 2 aromatic rings. The van der Waals surface area contributed by atoms with E-state index < -0.39 is 65.2 Å². The predicted octanol–water partition coefficient (Wildman–Crippen LogP) is -0.639. The maximum atomic E-state index is 13.1. The lowest BCUT2D eigenvalue weighted by atomic mass is 10.0. The van der Waals surface area contributed by atoms with Crippen LogP contribution in [-0.2, 0) is 36.8 Å². The van der Waals surface area contributed by atoms with Crippen LogP contribution in [0.4, 0.5) is 5.69 Å². The third kappa shape index (κ3) is 10.9. The first-order valence-corrected chi connectivity index (χ1v) is 16.1. The number of amides is 5. The molecule has 4 atom stereocenters. The first-order valence-electron chi connectivity index (χ1n) is 13.6. The Balaban J connectivity index is 1.71. The monoisotopic (exact) mass is 659 g/mol. The van der Waals surface area contributed by atoms with Crippen LogP contribution in [0.15, 0.2) is 48.5 Å². The average Bonchev–Trinajstić information content (AvgIpc) is 3.00. The second-order valence-corrected chi connectivity index (χ2v) is 12.7. The summed E-state index contributed by atoms with van der Waals surface area (Å²) in [5.74, 6) is -3.62. The van der Waals surface area contributed by atoms with Crippen molar-refractivity contribution in [3.05, 3.63) is 75.3 Å². The smallest absolute Gasteiger partial charge is 0.269 e. The van der Waals surface area contributed by atoms with E-state index in [1.165, 1.54) is 31.2 Å². The van der Waals surface area contributed by atoms with E-state index in [1.54, 1.807) is 24.3 Å². The zero-order valence-electron chi connectivity index (χ0n) is 24.1. The molecule has 240 valence electrons. The molecule has 2 aromatic carbocycles. The fourth-order valence-electron chi connectivity index (χ4n) is 4.12. The van der Waals surface area contributed by atoms with E-state index in [2.05, 4.69) is 21.3 Å². The van der Waals surface area contributed by atoms with E-state index in [0.717, 1.165) is 21.6 Å². The summed E-state index contributed by atoms with van der Waals surface area (Å²) in [5.41, 5.74) is 13.1. The minimum absolute atomic E-state index is 0.0159. The molecule has 0 aromatic heterocycles. The summed E-state index contributed by atoms with van der Waals surface area (Å²) in [4.78, 5) is 85.8. The lowest BCUT2D eigenvalue weighted by Crippen LogP contribution is -2.57. The van der Waals surface area contributed by atoms with Crippen molar-refractivity contribution in [2.75, 3.05) is 18.1 Å². The van der Waals surface area contributed by atoms with Crippen LogP contribution >= 0.6 is 21.6 Å². The Labute approximate surface area is 265 Å². The normalized spacial score (nSPS) is 20.4. The molecule has 0 saturated carbocycles. The van der Waals surface area contributed by atoms with Gasteiger partial charge in [-0.25, -0.2) is 0 Å². The van der Waals surface area contributed by atoms with Gasteiger partial charge >= 0.3 is 0 Å². The summed E-state index contributed by atoms with van der Waals surface area (Å²) in [6.45, 7) is 0.899. The molecule has 0 unspecified atom stereocenters. The molecule has 0 spiro atoms. The summed E-state index contributed by atoms with van der Waals surface area (Å²) in [7, 11) is 2.27. The fourth-order valence-corrected chi connectivity index (χ4v) is 6.46. The van der Waals surface area contributed by atoms with Gasteiger partial charge in [0.25, 0.3) is 5.69 Å². The molecule has 0 aliphatic carbocycles. The van der Waals surface area contributed by atoms with E-state index in [0.29, 0.717) is 16.7 Å². The topological polar surface area (TPSA) is 246 Å². The number of carbonyl (C=O) groups is 6. The van der Waals surface area contributed by atoms with Crippen LogP contribution in [0.25, 0.3) is 0 Å². The van der Waals surface area contributed by atoms with Gasteiger partial charge in [0, 0.05) is 35.6 Å². The van der Waals surface area contributed by atoms with Crippen LogP contribution in [-0.4, -0.2) is 82.5 Å². The molecular formula is C28H33N7O8S2. The SMILES string of the molecule is CC(=O)c1ccc(C[C@H](N)C(=O)N[C@@H]2CSSC[C@H](C(N)=O)NC(=O)[C@H](Cc3ccc([N+](=O)[O-])cc3)NC(=O)CNC2=O)cc1. The Morgan fingerprint density at radius 3 is 2.20 bits per heavy atom. The third-order valence-electron chi connectivity index (χ3n) is 6.66. The van der Waals surface area contributed by atoms with Crippen molar-refractivity contribution in [1.82, 2.24) is 21.3 Å². The molecule has 1 heterocycles. The number of carbonyl (C=O) groups excluding carboxylic acids is 6. The lowest BCUT2D eigenvalue weighted by molar-refractivity contribution is -0.384. The van der Waals surface area contributed by atoms with Crippen molar-refractivity contribution in [1.29, 1.82) is 0 Å². The number of nitro groups is 1. The van der Waals surface area contributed by atoms with E-state index in [9.17, 15) is 38.9 Å². The molecule has 17 heteroatoms. The number of hydrogen-bond acceptors (Lipinski definition) is 11. The number of nitrogens with zero attached hydrogens (tertiary/aromatic N) is 1. The first kappa shape index (κ1) is 35.0. The Morgan fingerprint density at radius 2 is 1.60 bits per heavy atom. The van der Waals surface area contributed by atoms with Crippen LogP contribution in [0.2, 0.25) is 0 Å². The van der Waals surface area contributed by atoms with Crippen LogP contribution in [0, 0.1) is 10.1 Å². The van der Waals surface area contributed by atoms with Crippen molar-refractivity contribution in [3.8, 4) is 0 Å². The second kappa shape index (κ2) is 16.6. The highest BCUT2D eigenvalue weighted by atomic mass is 33.1. The Hall–Kier alpha value is -4.48. The number of nitro benzene ring substituents is 1. The molecule has 0 bridgehead atoms. The van der Waals surface area contributed by atoms with E-state index in [4.69, 9.17) is 11.5 Å². The zero-order chi connectivity index (χ0) is 33.1. The van der Waals surface area contributed by atoms with Gasteiger partial charge in [-0.3, -0.25) is 38.9 Å². The third-order valence-corrected chi connectivity index (χ3v) is 9.08. The van der Waals surface area contributed by atoms with E-state index >= 15 is 0 Å². The number of Topliss-reactive ketones (excluding diaryl/α,β-unsaturated/α-hetero) is 1. The second-order valence-electron chi connectivity index (χ2n) is 10.1. The molecular weight excluding hydrogens is 626 g/mol. The number of rotatable bonds is 9. The van der Waals surface area contributed by atoms with Crippen molar-refractivity contribution in [2.45, 2.75) is 43.9 Å². The highest BCUT2D eigenvalue weighted by molar-refractivity contribution is 8.76. The number of nitrogens with two attached hydrogens (primary N) is 2. The van der Waals surface area contributed by atoms with Crippen molar-refractivity contribution in [2.24, 2.45) is 11.5 Å². The van der Waals surface area contributed by atoms with Crippen LogP contribution in [0.5, 0.6) is 0 Å². The molecule has 1 saturated heterocycles. The van der Waals surface area contributed by atoms with E-state index in [-0.39, 0.29) is 35.8 Å². The Morgan fingerprint density at radius 1 is 0.978 bits per heavy atom. The van der Waals surface area contributed by atoms with Gasteiger partial charge in [-0.1, -0.05) is 58.0 Å². The van der Waals surface area contributed by atoms with Crippen molar-refractivity contribution in [3.63, 3.8) is 0 Å². The minimum atomic E-state index is -1.21. The maximum Gasteiger partial charge on any atom is 0.269 e. The highest BCUT2D eigenvalue weighted by Crippen LogP contribution is 2.23. The highest BCUT2D eigenvalue weighted by Gasteiger charge is 2.29. The molecule has 5 amide bonds. The molecule has 8 N–H and O–H groups in total. The fraction of sp³-hybridized carbons (Fsp3) is 0.357. The van der Waals surface area contributed by atoms with Crippen molar-refractivity contribution < 1.29 is 33.7 Å². The molecule has 1 aliphatic rings. The summed E-state index contributed by atoms with van der Waals surface area (Å²) < 4.78 is 0. The Kier molecular flexibility index (Phi) is 12.9. The summed E-state index contributed by atoms with van der Waals surface area (Å²) in [6, 6.07) is 7.54. The number of nitrogens with one attached hydrogen (secondary N) is 4.